The number of likely N-dealkylation sites (tertiary alicyclic amines) is 1. The lowest BCUT2D eigenvalue weighted by Crippen LogP contribution is -2.36. The van der Waals surface area contributed by atoms with Gasteiger partial charge in [0.25, 0.3) is 0 Å². The van der Waals surface area contributed by atoms with Crippen LogP contribution in [0.1, 0.15) is 25.3 Å². The number of halogens is 1. The fourth-order valence-corrected chi connectivity index (χ4v) is 2.48. The van der Waals surface area contributed by atoms with Crippen LogP contribution in [0.15, 0.2) is 24.3 Å². The Hall–Kier alpha value is -1.42. The number of ether oxygens (including phenoxy) is 1. The van der Waals surface area contributed by atoms with Gasteiger partial charge in [-0.15, -0.1) is 0 Å². The highest BCUT2D eigenvalue weighted by Gasteiger charge is 2.25. The number of benzene rings is 1. The number of piperidine rings is 1. The third-order valence-corrected chi connectivity index (χ3v) is 3.50. The predicted octanol–water partition coefficient (Wildman–Crippen LogP) is 2.60. The maximum absolute atomic E-state index is 13.1. The van der Waals surface area contributed by atoms with Gasteiger partial charge in [-0.05, 0) is 50.6 Å². The zero-order valence-corrected chi connectivity index (χ0v) is 11.3. The summed E-state index contributed by atoms with van der Waals surface area (Å²) in [5.74, 6) is -0.240. The fraction of sp³-hybridized carbons (Fsp3) is 0.533. The molecule has 1 aromatic carbocycles. The van der Waals surface area contributed by atoms with Gasteiger partial charge in [0.05, 0.1) is 12.5 Å². The molecule has 0 N–H and O–H groups in total. The molecule has 104 valence electrons. The summed E-state index contributed by atoms with van der Waals surface area (Å²) < 4.78 is 18.1. The summed E-state index contributed by atoms with van der Waals surface area (Å²) in [6.45, 7) is 4.74. The highest BCUT2D eigenvalue weighted by Crippen LogP contribution is 2.20. The van der Waals surface area contributed by atoms with Gasteiger partial charge in [-0.3, -0.25) is 9.69 Å². The van der Waals surface area contributed by atoms with Crippen LogP contribution in [-0.4, -0.2) is 30.6 Å². The average Bonchev–Trinajstić information content (AvgIpc) is 2.40. The van der Waals surface area contributed by atoms with Gasteiger partial charge >= 0.3 is 5.97 Å². The Morgan fingerprint density at radius 1 is 1.42 bits per heavy atom. The molecule has 0 atom stereocenters. The maximum Gasteiger partial charge on any atom is 0.309 e. The minimum absolute atomic E-state index is 0.0312. The minimum Gasteiger partial charge on any atom is -0.466 e. The lowest BCUT2D eigenvalue weighted by atomic mass is 9.96. The molecule has 0 aliphatic carbocycles. The van der Waals surface area contributed by atoms with E-state index in [4.69, 9.17) is 4.74 Å². The van der Waals surface area contributed by atoms with Crippen molar-refractivity contribution in [3.63, 3.8) is 0 Å². The molecule has 0 unspecified atom stereocenters. The number of hydrogen-bond donors (Lipinski definition) is 0. The van der Waals surface area contributed by atoms with Crippen LogP contribution < -0.4 is 0 Å². The van der Waals surface area contributed by atoms with Crippen molar-refractivity contribution in [3.8, 4) is 0 Å². The standard InChI is InChI=1S/C15H20FNO2/c1-2-19-15(18)13-6-8-17(9-7-13)11-12-4-3-5-14(16)10-12/h3-5,10,13H,2,6-9,11H2,1H3. The number of carbonyl (C=O) groups excluding carboxylic acids is 1. The van der Waals surface area contributed by atoms with Gasteiger partial charge in [0, 0.05) is 6.54 Å². The Morgan fingerprint density at radius 3 is 2.79 bits per heavy atom. The zero-order chi connectivity index (χ0) is 13.7. The van der Waals surface area contributed by atoms with Crippen molar-refractivity contribution in [2.45, 2.75) is 26.3 Å². The molecule has 0 amide bonds. The Bertz CT molecular complexity index is 428. The predicted molar refractivity (Wildman–Crippen MR) is 71.0 cm³/mol. The molecular formula is C15H20FNO2. The number of rotatable bonds is 4. The number of hydrogen-bond acceptors (Lipinski definition) is 3. The second-order valence-corrected chi connectivity index (χ2v) is 4.93. The van der Waals surface area contributed by atoms with Crippen LogP contribution in [0.2, 0.25) is 0 Å². The first-order chi connectivity index (χ1) is 9.19. The van der Waals surface area contributed by atoms with Gasteiger partial charge in [0.15, 0.2) is 0 Å². The molecule has 1 fully saturated rings. The topological polar surface area (TPSA) is 29.5 Å². The lowest BCUT2D eigenvalue weighted by molar-refractivity contribution is -0.149. The van der Waals surface area contributed by atoms with Gasteiger partial charge in [-0.1, -0.05) is 12.1 Å². The molecule has 0 saturated carbocycles. The first-order valence-corrected chi connectivity index (χ1v) is 6.82. The highest BCUT2D eigenvalue weighted by molar-refractivity contribution is 5.72. The van der Waals surface area contributed by atoms with Crippen molar-refractivity contribution in [1.82, 2.24) is 4.90 Å². The van der Waals surface area contributed by atoms with E-state index in [-0.39, 0.29) is 17.7 Å². The van der Waals surface area contributed by atoms with E-state index >= 15 is 0 Å². The Balaban J connectivity index is 1.82. The Labute approximate surface area is 113 Å². The SMILES string of the molecule is CCOC(=O)C1CCN(Cc2cccc(F)c2)CC1. The van der Waals surface area contributed by atoms with Crippen LogP contribution in [0.25, 0.3) is 0 Å². The van der Waals surface area contributed by atoms with Crippen molar-refractivity contribution in [3.05, 3.63) is 35.6 Å². The molecule has 2 rings (SSSR count). The summed E-state index contributed by atoms with van der Waals surface area (Å²) in [6, 6.07) is 6.68. The normalized spacial score (nSPS) is 17.4. The first-order valence-electron chi connectivity index (χ1n) is 6.82. The van der Waals surface area contributed by atoms with Crippen LogP contribution in [-0.2, 0) is 16.1 Å². The van der Waals surface area contributed by atoms with Gasteiger partial charge < -0.3 is 4.74 Å². The molecule has 0 aromatic heterocycles. The van der Waals surface area contributed by atoms with Gasteiger partial charge in [0.1, 0.15) is 5.82 Å². The van der Waals surface area contributed by atoms with Crippen LogP contribution >= 0.6 is 0 Å². The van der Waals surface area contributed by atoms with Crippen LogP contribution in [0.3, 0.4) is 0 Å². The minimum atomic E-state index is -0.195. The quantitative estimate of drug-likeness (QED) is 0.784. The summed E-state index contributed by atoms with van der Waals surface area (Å²) in [4.78, 5) is 13.9. The van der Waals surface area contributed by atoms with Crippen molar-refractivity contribution in [1.29, 1.82) is 0 Å². The second kappa shape index (κ2) is 6.66. The van der Waals surface area contributed by atoms with E-state index < -0.39 is 0 Å². The smallest absolute Gasteiger partial charge is 0.309 e. The molecule has 3 nitrogen and oxygen atoms in total. The van der Waals surface area contributed by atoms with Crippen molar-refractivity contribution in [2.24, 2.45) is 5.92 Å². The number of carbonyl (C=O) groups is 1. The van der Waals surface area contributed by atoms with E-state index in [2.05, 4.69) is 4.90 Å². The molecule has 1 aromatic rings. The van der Waals surface area contributed by atoms with Crippen LogP contribution in [0, 0.1) is 11.7 Å². The van der Waals surface area contributed by atoms with Gasteiger partial charge in [-0.25, -0.2) is 4.39 Å². The molecular weight excluding hydrogens is 245 g/mol. The first kappa shape index (κ1) is 14.0. The zero-order valence-electron chi connectivity index (χ0n) is 11.3. The highest BCUT2D eigenvalue weighted by atomic mass is 19.1. The molecule has 4 heteroatoms. The van der Waals surface area contributed by atoms with Crippen LogP contribution in [0.5, 0.6) is 0 Å². The second-order valence-electron chi connectivity index (χ2n) is 4.93. The summed E-state index contributed by atoms with van der Waals surface area (Å²) in [7, 11) is 0. The maximum atomic E-state index is 13.1. The third kappa shape index (κ3) is 4.03. The Kier molecular flexibility index (Phi) is 4.91. The van der Waals surface area contributed by atoms with Crippen molar-refractivity contribution < 1.29 is 13.9 Å². The summed E-state index contributed by atoms with van der Waals surface area (Å²) >= 11 is 0. The van der Waals surface area contributed by atoms with E-state index in [1.807, 2.05) is 13.0 Å². The largest absolute Gasteiger partial charge is 0.466 e. The lowest BCUT2D eigenvalue weighted by Gasteiger charge is -2.30. The van der Waals surface area contributed by atoms with E-state index in [0.717, 1.165) is 38.0 Å². The van der Waals surface area contributed by atoms with Gasteiger partial charge in [-0.2, -0.15) is 0 Å². The molecule has 0 bridgehead atoms. The molecule has 0 radical (unpaired) electrons. The molecule has 1 aliphatic heterocycles. The van der Waals surface area contributed by atoms with E-state index in [1.165, 1.54) is 6.07 Å². The average molecular weight is 265 g/mol. The molecule has 1 aliphatic rings. The van der Waals surface area contributed by atoms with Crippen molar-refractivity contribution in [2.75, 3.05) is 19.7 Å². The van der Waals surface area contributed by atoms with E-state index in [0.29, 0.717) is 6.61 Å². The van der Waals surface area contributed by atoms with Gasteiger partial charge in [0.2, 0.25) is 0 Å². The van der Waals surface area contributed by atoms with E-state index in [9.17, 15) is 9.18 Å². The number of esters is 1. The molecule has 1 saturated heterocycles. The summed E-state index contributed by atoms with van der Waals surface area (Å²) in [6.07, 6.45) is 1.66. The molecule has 19 heavy (non-hydrogen) atoms. The van der Waals surface area contributed by atoms with E-state index in [1.54, 1.807) is 12.1 Å². The third-order valence-electron chi connectivity index (χ3n) is 3.50. The molecule has 0 spiro atoms. The Morgan fingerprint density at radius 2 is 2.16 bits per heavy atom. The van der Waals surface area contributed by atoms with Crippen molar-refractivity contribution >= 4 is 5.97 Å². The number of nitrogens with zero attached hydrogens (tertiary/aromatic N) is 1. The summed E-state index contributed by atoms with van der Waals surface area (Å²) in [5.41, 5.74) is 0.981. The van der Waals surface area contributed by atoms with Crippen LogP contribution in [0.4, 0.5) is 4.39 Å². The fourth-order valence-electron chi connectivity index (χ4n) is 2.48. The molecule has 1 heterocycles. The summed E-state index contributed by atoms with van der Waals surface area (Å²) in [5, 5.41) is 0. The monoisotopic (exact) mass is 265 g/mol.